The third kappa shape index (κ3) is 6.63. The molecule has 1 fully saturated rings. The van der Waals surface area contributed by atoms with Crippen molar-refractivity contribution in [2.75, 3.05) is 65.1 Å². The van der Waals surface area contributed by atoms with E-state index in [-0.39, 0.29) is 24.0 Å². The molecule has 1 aromatic rings. The van der Waals surface area contributed by atoms with Crippen LogP contribution in [-0.2, 0) is 16.0 Å². The van der Waals surface area contributed by atoms with E-state index in [1.165, 1.54) is 11.3 Å². The Bertz CT molecular complexity index is 645. The second-order valence-corrected chi connectivity index (χ2v) is 7.12. The standard InChI is InChI=1S/C21H32N4O2.HI/c1-22-21(25-11-8-19(16-25)17-27-13-12-26-2)23-15-18-6-5-7-20(14-18)24-9-3-4-10-24;/h3-7,14,19H,8-13,15-17H2,1-2H3,(H,22,23);1H. The number of guanidine groups is 1. The first-order valence-electron chi connectivity index (χ1n) is 9.81. The van der Waals surface area contributed by atoms with Gasteiger partial charge in [-0.1, -0.05) is 24.3 Å². The van der Waals surface area contributed by atoms with Gasteiger partial charge >= 0.3 is 0 Å². The van der Waals surface area contributed by atoms with Crippen molar-refractivity contribution >= 4 is 35.6 Å². The van der Waals surface area contributed by atoms with E-state index in [1.807, 2.05) is 7.05 Å². The van der Waals surface area contributed by atoms with Gasteiger partial charge in [0, 0.05) is 58.5 Å². The summed E-state index contributed by atoms with van der Waals surface area (Å²) in [4.78, 5) is 9.18. The van der Waals surface area contributed by atoms with Gasteiger partial charge in [0.15, 0.2) is 5.96 Å². The van der Waals surface area contributed by atoms with Crippen LogP contribution in [0.3, 0.4) is 0 Å². The maximum atomic E-state index is 5.69. The van der Waals surface area contributed by atoms with Gasteiger partial charge in [-0.2, -0.15) is 0 Å². The third-order valence-corrected chi connectivity index (χ3v) is 5.13. The van der Waals surface area contributed by atoms with Gasteiger partial charge < -0.3 is 24.6 Å². The SMILES string of the molecule is CN=C(NCc1cccc(N2CC=CC2)c1)N1CCC(COCCOC)C1.I. The zero-order valence-electron chi connectivity index (χ0n) is 17.0. The molecule has 0 bridgehead atoms. The number of aliphatic imine (C=N–C) groups is 1. The Balaban J connectivity index is 0.00000280. The Kier molecular flexibility index (Phi) is 10.1. The highest BCUT2D eigenvalue weighted by Gasteiger charge is 2.24. The molecule has 0 saturated carbocycles. The number of hydrogen-bond acceptors (Lipinski definition) is 4. The fraction of sp³-hybridized carbons (Fsp3) is 0.571. The van der Waals surface area contributed by atoms with E-state index < -0.39 is 0 Å². The van der Waals surface area contributed by atoms with Gasteiger partial charge in [0.25, 0.3) is 0 Å². The van der Waals surface area contributed by atoms with E-state index in [0.717, 1.165) is 51.7 Å². The number of anilines is 1. The van der Waals surface area contributed by atoms with E-state index in [4.69, 9.17) is 9.47 Å². The van der Waals surface area contributed by atoms with E-state index in [9.17, 15) is 0 Å². The van der Waals surface area contributed by atoms with Crippen molar-refractivity contribution in [3.8, 4) is 0 Å². The Morgan fingerprint density at radius 2 is 2.07 bits per heavy atom. The lowest BCUT2D eigenvalue weighted by Gasteiger charge is -2.22. The zero-order valence-corrected chi connectivity index (χ0v) is 19.3. The molecule has 1 N–H and O–H groups in total. The van der Waals surface area contributed by atoms with Crippen LogP contribution >= 0.6 is 24.0 Å². The Morgan fingerprint density at radius 3 is 2.82 bits per heavy atom. The molecule has 2 aliphatic rings. The minimum Gasteiger partial charge on any atom is -0.382 e. The van der Waals surface area contributed by atoms with Crippen LogP contribution in [0.4, 0.5) is 5.69 Å². The summed E-state index contributed by atoms with van der Waals surface area (Å²) in [7, 11) is 3.56. The summed E-state index contributed by atoms with van der Waals surface area (Å²) < 4.78 is 10.7. The first kappa shape index (κ1) is 23.0. The van der Waals surface area contributed by atoms with Gasteiger partial charge in [-0.25, -0.2) is 0 Å². The summed E-state index contributed by atoms with van der Waals surface area (Å²) in [5, 5.41) is 3.52. The molecule has 1 aromatic carbocycles. The Morgan fingerprint density at radius 1 is 1.25 bits per heavy atom. The van der Waals surface area contributed by atoms with E-state index in [0.29, 0.717) is 19.1 Å². The zero-order chi connectivity index (χ0) is 18.9. The molecule has 3 rings (SSSR count). The number of halogens is 1. The van der Waals surface area contributed by atoms with Crippen LogP contribution in [0.5, 0.6) is 0 Å². The lowest BCUT2D eigenvalue weighted by atomic mass is 10.1. The molecule has 1 atom stereocenters. The first-order chi connectivity index (χ1) is 13.3. The highest BCUT2D eigenvalue weighted by atomic mass is 127. The average molecular weight is 500 g/mol. The fourth-order valence-electron chi connectivity index (χ4n) is 3.62. The molecule has 0 radical (unpaired) electrons. The molecule has 1 unspecified atom stereocenters. The normalized spacial score (nSPS) is 19.2. The summed E-state index contributed by atoms with van der Waals surface area (Å²) in [5.41, 5.74) is 2.56. The van der Waals surface area contributed by atoms with Crippen LogP contribution in [0.15, 0.2) is 41.4 Å². The fourth-order valence-corrected chi connectivity index (χ4v) is 3.62. The van der Waals surface area contributed by atoms with Crippen molar-refractivity contribution in [2.24, 2.45) is 10.9 Å². The summed E-state index contributed by atoms with van der Waals surface area (Å²) in [6.45, 7) is 6.93. The molecule has 0 aromatic heterocycles. The molecule has 1 saturated heterocycles. The highest BCUT2D eigenvalue weighted by Crippen LogP contribution is 2.19. The molecule has 28 heavy (non-hydrogen) atoms. The molecule has 2 aliphatic heterocycles. The van der Waals surface area contributed by atoms with Crippen LogP contribution in [0.2, 0.25) is 0 Å². The summed E-state index contributed by atoms with van der Waals surface area (Å²) in [5.74, 6) is 1.54. The van der Waals surface area contributed by atoms with E-state index in [1.54, 1.807) is 7.11 Å². The molecular formula is C21H33IN4O2. The number of likely N-dealkylation sites (tertiary alicyclic amines) is 1. The van der Waals surface area contributed by atoms with Gasteiger partial charge in [-0.3, -0.25) is 4.99 Å². The number of hydrogen-bond donors (Lipinski definition) is 1. The van der Waals surface area contributed by atoms with Crippen LogP contribution in [0, 0.1) is 5.92 Å². The maximum Gasteiger partial charge on any atom is 0.193 e. The Labute approximate surface area is 186 Å². The highest BCUT2D eigenvalue weighted by molar-refractivity contribution is 14.0. The van der Waals surface area contributed by atoms with Crippen molar-refractivity contribution in [3.63, 3.8) is 0 Å². The minimum absolute atomic E-state index is 0. The first-order valence-corrected chi connectivity index (χ1v) is 9.81. The summed E-state index contributed by atoms with van der Waals surface area (Å²) in [6, 6.07) is 8.75. The van der Waals surface area contributed by atoms with E-state index in [2.05, 4.69) is 56.5 Å². The van der Waals surface area contributed by atoms with Crippen LogP contribution < -0.4 is 10.2 Å². The van der Waals surface area contributed by atoms with Crippen LogP contribution in [0.25, 0.3) is 0 Å². The minimum atomic E-state index is 0. The Hall–Kier alpha value is -1.32. The summed E-state index contributed by atoms with van der Waals surface area (Å²) >= 11 is 0. The lowest BCUT2D eigenvalue weighted by Crippen LogP contribution is -2.39. The van der Waals surface area contributed by atoms with Crippen molar-refractivity contribution < 1.29 is 9.47 Å². The van der Waals surface area contributed by atoms with Crippen molar-refractivity contribution in [3.05, 3.63) is 42.0 Å². The van der Waals surface area contributed by atoms with Crippen LogP contribution in [0.1, 0.15) is 12.0 Å². The van der Waals surface area contributed by atoms with Gasteiger partial charge in [0.05, 0.1) is 19.8 Å². The average Bonchev–Trinajstić information content (AvgIpc) is 3.39. The van der Waals surface area contributed by atoms with Crippen molar-refractivity contribution in [1.29, 1.82) is 0 Å². The number of nitrogens with one attached hydrogen (secondary N) is 1. The predicted molar refractivity (Wildman–Crippen MR) is 126 cm³/mol. The molecule has 156 valence electrons. The summed E-state index contributed by atoms with van der Waals surface area (Å²) in [6.07, 6.45) is 5.58. The molecule has 0 aliphatic carbocycles. The van der Waals surface area contributed by atoms with Gasteiger partial charge in [0.1, 0.15) is 0 Å². The lowest BCUT2D eigenvalue weighted by molar-refractivity contribution is 0.0536. The number of nitrogens with zero attached hydrogens (tertiary/aromatic N) is 3. The largest absolute Gasteiger partial charge is 0.382 e. The van der Waals surface area contributed by atoms with Gasteiger partial charge in [0.2, 0.25) is 0 Å². The van der Waals surface area contributed by atoms with Crippen LogP contribution in [-0.4, -0.2) is 71.0 Å². The van der Waals surface area contributed by atoms with Gasteiger partial charge in [-0.05, 0) is 24.1 Å². The smallest absolute Gasteiger partial charge is 0.193 e. The van der Waals surface area contributed by atoms with Gasteiger partial charge in [-0.15, -0.1) is 24.0 Å². The van der Waals surface area contributed by atoms with Crippen molar-refractivity contribution in [1.82, 2.24) is 10.2 Å². The second-order valence-electron chi connectivity index (χ2n) is 7.12. The predicted octanol–water partition coefficient (Wildman–Crippen LogP) is 2.74. The number of benzene rings is 1. The molecule has 6 nitrogen and oxygen atoms in total. The quantitative estimate of drug-likeness (QED) is 0.196. The number of rotatable bonds is 8. The molecule has 0 amide bonds. The molecule has 0 spiro atoms. The molecule has 2 heterocycles. The maximum absolute atomic E-state index is 5.69. The van der Waals surface area contributed by atoms with Crippen molar-refractivity contribution in [2.45, 2.75) is 13.0 Å². The monoisotopic (exact) mass is 500 g/mol. The number of ether oxygens (including phenoxy) is 2. The van der Waals surface area contributed by atoms with E-state index >= 15 is 0 Å². The topological polar surface area (TPSA) is 49.3 Å². The molecule has 7 heteroatoms. The number of methoxy groups -OCH3 is 1. The second kappa shape index (κ2) is 12.3. The molecular weight excluding hydrogens is 467 g/mol. The third-order valence-electron chi connectivity index (χ3n) is 5.13.